The second kappa shape index (κ2) is 7.84. The van der Waals surface area contributed by atoms with Gasteiger partial charge in [-0.1, -0.05) is 48.0 Å². The van der Waals surface area contributed by atoms with Gasteiger partial charge in [0.05, 0.1) is 5.52 Å². The molecule has 6 rings (SSSR count). The molecule has 9 heteroatoms. The summed E-state index contributed by atoms with van der Waals surface area (Å²) in [6.07, 6.45) is 2.45. The largest absolute Gasteiger partial charge is 0.364 e. The number of primary amides is 1. The molecule has 0 unspecified atom stereocenters. The van der Waals surface area contributed by atoms with E-state index in [1.54, 1.807) is 23.1 Å². The van der Waals surface area contributed by atoms with Crippen molar-refractivity contribution in [2.75, 3.05) is 0 Å². The van der Waals surface area contributed by atoms with Crippen LogP contribution in [0.15, 0.2) is 48.5 Å². The lowest BCUT2D eigenvalue weighted by Gasteiger charge is -2.27. The standard InChI is InChI=1S/C25H24ClN5O3/c26-17-7-3-1-5-14(17)16-11-18(16)28-25(34)21-10-13-9-20(13)31(21)22(32)12-30-19-8-4-2-6-15(19)23(29-30)24(27)33/h1-8,13,16,18,20-21H,9-12H2,(H2,27,33)(H,28,34)/t13-,16-,18+,20-,21+/m1/s1. The average Bonchev–Trinajstić information content (AvgIpc) is 3.69. The van der Waals surface area contributed by atoms with Gasteiger partial charge < -0.3 is 16.0 Å². The van der Waals surface area contributed by atoms with E-state index in [0.717, 1.165) is 18.4 Å². The Morgan fingerprint density at radius 2 is 1.82 bits per heavy atom. The van der Waals surface area contributed by atoms with Gasteiger partial charge in [0.1, 0.15) is 12.6 Å². The van der Waals surface area contributed by atoms with Crippen molar-refractivity contribution in [1.82, 2.24) is 20.0 Å². The lowest BCUT2D eigenvalue weighted by atomic mass is 10.1. The van der Waals surface area contributed by atoms with Gasteiger partial charge in [0, 0.05) is 28.4 Å². The highest BCUT2D eigenvalue weighted by atomic mass is 35.5. The number of nitrogens with one attached hydrogen (secondary N) is 1. The van der Waals surface area contributed by atoms with Crippen LogP contribution in [-0.4, -0.2) is 50.5 Å². The molecule has 1 aromatic heterocycles. The maximum atomic E-state index is 13.4. The summed E-state index contributed by atoms with van der Waals surface area (Å²) < 4.78 is 1.51. The van der Waals surface area contributed by atoms with E-state index in [2.05, 4.69) is 10.4 Å². The molecule has 2 aliphatic carbocycles. The number of likely N-dealkylation sites (tertiary alicyclic amines) is 1. The fourth-order valence-corrected chi connectivity index (χ4v) is 5.72. The van der Waals surface area contributed by atoms with E-state index in [1.807, 2.05) is 30.3 Å². The van der Waals surface area contributed by atoms with Crippen LogP contribution in [0.5, 0.6) is 0 Å². The number of carbonyl (C=O) groups excluding carboxylic acids is 3. The Morgan fingerprint density at radius 1 is 1.06 bits per heavy atom. The molecule has 0 radical (unpaired) electrons. The second-order valence-electron chi connectivity index (χ2n) is 9.48. The molecule has 174 valence electrons. The molecule has 2 aromatic carbocycles. The van der Waals surface area contributed by atoms with Gasteiger partial charge in [-0.2, -0.15) is 5.10 Å². The quantitative estimate of drug-likeness (QED) is 0.568. The molecule has 1 saturated heterocycles. The topological polar surface area (TPSA) is 110 Å². The van der Waals surface area contributed by atoms with Gasteiger partial charge in [-0.05, 0) is 42.9 Å². The summed E-state index contributed by atoms with van der Waals surface area (Å²) in [5.41, 5.74) is 7.33. The van der Waals surface area contributed by atoms with Crippen molar-refractivity contribution in [3.63, 3.8) is 0 Å². The predicted octanol–water partition coefficient (Wildman–Crippen LogP) is 2.45. The van der Waals surface area contributed by atoms with Gasteiger partial charge >= 0.3 is 0 Å². The number of carbonyl (C=O) groups is 3. The Kier molecular flexibility index (Phi) is 4.88. The fourth-order valence-electron chi connectivity index (χ4n) is 5.44. The summed E-state index contributed by atoms with van der Waals surface area (Å²) in [6, 6.07) is 14.5. The van der Waals surface area contributed by atoms with Crippen LogP contribution < -0.4 is 11.1 Å². The first-order valence-corrected chi connectivity index (χ1v) is 11.9. The van der Waals surface area contributed by atoms with Crippen LogP contribution >= 0.6 is 11.6 Å². The maximum Gasteiger partial charge on any atom is 0.269 e. The van der Waals surface area contributed by atoms with Crippen LogP contribution in [-0.2, 0) is 16.1 Å². The zero-order valence-corrected chi connectivity index (χ0v) is 19.1. The zero-order valence-electron chi connectivity index (χ0n) is 18.4. The number of nitrogens with zero attached hydrogens (tertiary/aromatic N) is 3. The summed E-state index contributed by atoms with van der Waals surface area (Å²) in [4.78, 5) is 40.1. The highest BCUT2D eigenvalue weighted by Gasteiger charge is 2.56. The molecule has 2 saturated carbocycles. The highest BCUT2D eigenvalue weighted by Crippen LogP contribution is 2.49. The third-order valence-electron chi connectivity index (χ3n) is 7.29. The van der Waals surface area contributed by atoms with Gasteiger partial charge in [0.25, 0.3) is 5.91 Å². The van der Waals surface area contributed by atoms with E-state index >= 15 is 0 Å². The Hall–Kier alpha value is -3.39. The van der Waals surface area contributed by atoms with E-state index in [4.69, 9.17) is 17.3 Å². The van der Waals surface area contributed by atoms with E-state index in [1.165, 1.54) is 4.68 Å². The summed E-state index contributed by atoms with van der Waals surface area (Å²) in [5, 5.41) is 8.76. The first-order valence-electron chi connectivity index (χ1n) is 11.5. The summed E-state index contributed by atoms with van der Waals surface area (Å²) >= 11 is 6.31. The fraction of sp³-hybridized carbons (Fsp3) is 0.360. The number of para-hydroxylation sites is 1. The highest BCUT2D eigenvalue weighted by molar-refractivity contribution is 6.31. The van der Waals surface area contributed by atoms with Crippen molar-refractivity contribution in [2.45, 2.75) is 49.9 Å². The smallest absolute Gasteiger partial charge is 0.269 e. The minimum absolute atomic E-state index is 0.0365. The van der Waals surface area contributed by atoms with Gasteiger partial charge in [-0.25, -0.2) is 0 Å². The SMILES string of the molecule is NC(=O)c1nn(CC(=O)N2[C@@H]3C[C@@H]3C[C@H]2C(=O)N[C@H]2C[C@@H]2c2ccccc2Cl)c2ccccc12. The average molecular weight is 478 g/mol. The third kappa shape index (κ3) is 3.53. The number of piperidine rings is 1. The van der Waals surface area contributed by atoms with Crippen LogP contribution in [0.2, 0.25) is 5.02 Å². The van der Waals surface area contributed by atoms with Crippen molar-refractivity contribution in [3.05, 3.63) is 64.8 Å². The Labute approximate surface area is 201 Å². The summed E-state index contributed by atoms with van der Waals surface area (Å²) in [5.74, 6) is -0.342. The lowest BCUT2D eigenvalue weighted by Crippen LogP contribution is -2.49. The number of benzene rings is 2. The molecule has 8 nitrogen and oxygen atoms in total. The van der Waals surface area contributed by atoms with Crippen molar-refractivity contribution in [1.29, 1.82) is 0 Å². The van der Waals surface area contributed by atoms with Crippen molar-refractivity contribution < 1.29 is 14.4 Å². The molecule has 3 fully saturated rings. The Bertz CT molecular complexity index is 1340. The Balaban J connectivity index is 1.17. The predicted molar refractivity (Wildman–Crippen MR) is 126 cm³/mol. The molecule has 3 N–H and O–H groups in total. The van der Waals surface area contributed by atoms with Gasteiger partial charge in [-0.3, -0.25) is 19.1 Å². The van der Waals surface area contributed by atoms with Gasteiger partial charge in [0.15, 0.2) is 5.69 Å². The molecule has 5 atom stereocenters. The number of fused-ring (bicyclic) bond motifs is 2. The van der Waals surface area contributed by atoms with E-state index in [9.17, 15) is 14.4 Å². The van der Waals surface area contributed by atoms with E-state index < -0.39 is 11.9 Å². The molecule has 0 spiro atoms. The molecule has 3 aliphatic rings. The van der Waals surface area contributed by atoms with Crippen molar-refractivity contribution >= 4 is 40.2 Å². The Morgan fingerprint density at radius 3 is 2.62 bits per heavy atom. The lowest BCUT2D eigenvalue weighted by molar-refractivity contribution is -0.140. The monoisotopic (exact) mass is 477 g/mol. The number of hydrogen-bond donors (Lipinski definition) is 2. The number of nitrogens with two attached hydrogens (primary N) is 1. The molecule has 3 amide bonds. The van der Waals surface area contributed by atoms with Crippen LogP contribution in [0.4, 0.5) is 0 Å². The van der Waals surface area contributed by atoms with Gasteiger partial charge in [0.2, 0.25) is 11.8 Å². The van der Waals surface area contributed by atoms with Crippen LogP contribution in [0.25, 0.3) is 10.9 Å². The molecular formula is C25H24ClN5O3. The first kappa shape index (κ1) is 21.2. The minimum Gasteiger partial charge on any atom is -0.364 e. The summed E-state index contributed by atoms with van der Waals surface area (Å²) in [6.45, 7) is -0.0491. The van der Waals surface area contributed by atoms with Crippen molar-refractivity contribution in [3.8, 4) is 0 Å². The normalized spacial score (nSPS) is 26.9. The molecule has 34 heavy (non-hydrogen) atoms. The molecule has 0 bridgehead atoms. The number of aromatic nitrogens is 2. The maximum absolute atomic E-state index is 13.4. The number of amides is 3. The summed E-state index contributed by atoms with van der Waals surface area (Å²) in [7, 11) is 0. The van der Waals surface area contributed by atoms with Crippen LogP contribution in [0.3, 0.4) is 0 Å². The van der Waals surface area contributed by atoms with E-state index in [0.29, 0.717) is 28.3 Å². The zero-order chi connectivity index (χ0) is 23.6. The number of halogens is 1. The van der Waals surface area contributed by atoms with Crippen LogP contribution in [0, 0.1) is 5.92 Å². The minimum atomic E-state index is -0.638. The van der Waals surface area contributed by atoms with Crippen molar-refractivity contribution in [2.24, 2.45) is 11.7 Å². The first-order chi connectivity index (χ1) is 16.4. The molecular weight excluding hydrogens is 454 g/mol. The van der Waals surface area contributed by atoms with E-state index in [-0.39, 0.29) is 42.1 Å². The van der Waals surface area contributed by atoms with Crippen LogP contribution in [0.1, 0.15) is 41.2 Å². The van der Waals surface area contributed by atoms with Gasteiger partial charge in [-0.15, -0.1) is 0 Å². The molecule has 3 aromatic rings. The number of rotatable bonds is 6. The second-order valence-corrected chi connectivity index (χ2v) is 9.89. The molecule has 2 heterocycles. The molecule has 1 aliphatic heterocycles. The third-order valence-corrected chi connectivity index (χ3v) is 7.64. The number of hydrogen-bond acceptors (Lipinski definition) is 4.